The van der Waals surface area contributed by atoms with Gasteiger partial charge in [0.2, 0.25) is 0 Å². The lowest BCUT2D eigenvalue weighted by Crippen LogP contribution is -2.26. The highest BCUT2D eigenvalue weighted by Gasteiger charge is 2.14. The topological polar surface area (TPSA) is 78.8 Å². The van der Waals surface area contributed by atoms with Crippen LogP contribution in [-0.4, -0.2) is 22.7 Å². The van der Waals surface area contributed by atoms with E-state index in [1.54, 1.807) is 26.0 Å². The van der Waals surface area contributed by atoms with Gasteiger partial charge in [0, 0.05) is 16.5 Å². The fraction of sp³-hybridized carbons (Fsp3) is 0.250. The van der Waals surface area contributed by atoms with Crippen LogP contribution in [0.25, 0.3) is 0 Å². The summed E-state index contributed by atoms with van der Waals surface area (Å²) in [4.78, 5) is 22.5. The third-order valence-corrected chi connectivity index (χ3v) is 2.40. The predicted molar refractivity (Wildman–Crippen MR) is 68.8 cm³/mol. The average Bonchev–Trinajstić information content (AvgIpc) is 2.28. The second-order valence-electron chi connectivity index (χ2n) is 3.90. The molecule has 2 N–H and O–H groups in total. The van der Waals surface area contributed by atoms with Crippen LogP contribution in [0.15, 0.2) is 29.4 Å². The first-order valence-electron chi connectivity index (χ1n) is 5.28. The van der Waals surface area contributed by atoms with Gasteiger partial charge in [0.05, 0.1) is 0 Å². The summed E-state index contributed by atoms with van der Waals surface area (Å²) in [6.45, 7) is 3.36. The van der Waals surface area contributed by atoms with E-state index in [0.717, 1.165) is 0 Å². The summed E-state index contributed by atoms with van der Waals surface area (Å²) < 4.78 is 0. The van der Waals surface area contributed by atoms with Gasteiger partial charge in [-0.1, -0.05) is 25.4 Å². The molecule has 0 aliphatic rings. The van der Waals surface area contributed by atoms with E-state index < -0.39 is 11.9 Å². The first kappa shape index (κ1) is 14.2. The standard InChI is InChI=1S/C12H13ClN2O3/c1-7(2)10(12(17)18)14-15-11(16)8-3-5-9(13)6-4-8/h3-7H,1-2H3,(H,15,16)(H,17,18). The zero-order valence-corrected chi connectivity index (χ0v) is 10.7. The monoisotopic (exact) mass is 268 g/mol. The van der Waals surface area contributed by atoms with Crippen molar-refractivity contribution in [2.24, 2.45) is 11.0 Å². The van der Waals surface area contributed by atoms with Crippen molar-refractivity contribution in [2.45, 2.75) is 13.8 Å². The quantitative estimate of drug-likeness (QED) is 0.649. The normalized spacial score (nSPS) is 11.4. The lowest BCUT2D eigenvalue weighted by atomic mass is 10.1. The van der Waals surface area contributed by atoms with Gasteiger partial charge in [-0.25, -0.2) is 10.2 Å². The number of amides is 1. The lowest BCUT2D eigenvalue weighted by molar-refractivity contribution is -0.129. The summed E-state index contributed by atoms with van der Waals surface area (Å²) >= 11 is 5.69. The molecule has 0 heterocycles. The van der Waals surface area contributed by atoms with Crippen molar-refractivity contribution in [3.63, 3.8) is 0 Å². The molecular formula is C12H13ClN2O3. The molecule has 0 saturated heterocycles. The predicted octanol–water partition coefficient (Wildman–Crippen LogP) is 2.17. The Bertz CT molecular complexity index is 481. The van der Waals surface area contributed by atoms with Crippen molar-refractivity contribution in [1.29, 1.82) is 0 Å². The molecule has 0 spiro atoms. The van der Waals surface area contributed by atoms with E-state index in [9.17, 15) is 9.59 Å². The van der Waals surface area contributed by atoms with Crippen LogP contribution < -0.4 is 5.43 Å². The van der Waals surface area contributed by atoms with Crippen LogP contribution >= 0.6 is 11.6 Å². The molecule has 1 aromatic rings. The molecule has 0 saturated carbocycles. The summed E-state index contributed by atoms with van der Waals surface area (Å²) in [7, 11) is 0. The SMILES string of the molecule is CC(C)C(=NNC(=O)c1ccc(Cl)cc1)C(=O)O. The Morgan fingerprint density at radius 1 is 1.28 bits per heavy atom. The lowest BCUT2D eigenvalue weighted by Gasteiger charge is -2.05. The number of nitrogens with one attached hydrogen (secondary N) is 1. The molecule has 0 aliphatic heterocycles. The highest BCUT2D eigenvalue weighted by molar-refractivity contribution is 6.36. The number of carboxylic acids is 1. The van der Waals surface area contributed by atoms with Crippen LogP contribution in [0.1, 0.15) is 24.2 Å². The maximum Gasteiger partial charge on any atom is 0.352 e. The van der Waals surface area contributed by atoms with Crippen molar-refractivity contribution in [3.8, 4) is 0 Å². The van der Waals surface area contributed by atoms with Gasteiger partial charge in [-0.2, -0.15) is 5.10 Å². The number of hydrogen-bond donors (Lipinski definition) is 2. The van der Waals surface area contributed by atoms with Crippen LogP contribution in [0.4, 0.5) is 0 Å². The fourth-order valence-corrected chi connectivity index (χ4v) is 1.33. The number of benzene rings is 1. The Kier molecular flexibility index (Phi) is 4.85. The summed E-state index contributed by atoms with van der Waals surface area (Å²) in [6.07, 6.45) is 0. The molecule has 5 nitrogen and oxygen atoms in total. The van der Waals surface area contributed by atoms with Gasteiger partial charge in [-0.3, -0.25) is 4.79 Å². The Hall–Kier alpha value is -1.88. The minimum atomic E-state index is -1.15. The first-order chi connectivity index (χ1) is 8.41. The minimum Gasteiger partial charge on any atom is -0.477 e. The molecule has 6 heteroatoms. The van der Waals surface area contributed by atoms with Crippen LogP contribution in [0, 0.1) is 5.92 Å². The number of nitrogens with zero attached hydrogens (tertiary/aromatic N) is 1. The molecular weight excluding hydrogens is 256 g/mol. The number of hydrazone groups is 1. The number of carbonyl (C=O) groups excluding carboxylic acids is 1. The molecule has 0 unspecified atom stereocenters. The average molecular weight is 269 g/mol. The zero-order valence-electron chi connectivity index (χ0n) is 9.98. The summed E-state index contributed by atoms with van der Waals surface area (Å²) in [5.74, 6) is -1.92. The van der Waals surface area contributed by atoms with Crippen LogP contribution in [0.5, 0.6) is 0 Å². The number of rotatable bonds is 4. The molecule has 1 aromatic carbocycles. The second kappa shape index (κ2) is 6.16. The Morgan fingerprint density at radius 2 is 1.83 bits per heavy atom. The molecule has 0 bridgehead atoms. The van der Waals surface area contributed by atoms with Gasteiger partial charge in [0.15, 0.2) is 0 Å². The summed E-state index contributed by atoms with van der Waals surface area (Å²) in [5.41, 5.74) is 2.46. The van der Waals surface area contributed by atoms with Gasteiger partial charge >= 0.3 is 5.97 Å². The third-order valence-electron chi connectivity index (χ3n) is 2.15. The van der Waals surface area contributed by atoms with E-state index in [-0.39, 0.29) is 11.6 Å². The Balaban J connectivity index is 2.79. The largest absolute Gasteiger partial charge is 0.477 e. The number of carboxylic acid groups (broad SMARTS) is 1. The van der Waals surface area contributed by atoms with E-state index in [1.807, 2.05) is 0 Å². The molecule has 1 rings (SSSR count). The van der Waals surface area contributed by atoms with Gasteiger partial charge < -0.3 is 5.11 Å². The molecule has 18 heavy (non-hydrogen) atoms. The minimum absolute atomic E-state index is 0.0997. The van der Waals surface area contributed by atoms with Gasteiger partial charge in [0.1, 0.15) is 5.71 Å². The zero-order chi connectivity index (χ0) is 13.7. The molecule has 0 radical (unpaired) electrons. The van der Waals surface area contributed by atoms with Crippen molar-refractivity contribution >= 4 is 29.2 Å². The molecule has 96 valence electrons. The molecule has 0 aromatic heterocycles. The first-order valence-corrected chi connectivity index (χ1v) is 5.66. The second-order valence-corrected chi connectivity index (χ2v) is 4.34. The summed E-state index contributed by atoms with van der Waals surface area (Å²) in [6, 6.07) is 6.20. The van der Waals surface area contributed by atoms with E-state index in [4.69, 9.17) is 16.7 Å². The highest BCUT2D eigenvalue weighted by atomic mass is 35.5. The highest BCUT2D eigenvalue weighted by Crippen LogP contribution is 2.09. The fourth-order valence-electron chi connectivity index (χ4n) is 1.20. The summed E-state index contributed by atoms with van der Waals surface area (Å²) in [5, 5.41) is 13.0. The van der Waals surface area contributed by atoms with Gasteiger partial charge in [0.25, 0.3) is 5.91 Å². The maximum atomic E-state index is 11.7. The van der Waals surface area contributed by atoms with Crippen LogP contribution in [0.2, 0.25) is 5.02 Å². The van der Waals surface area contributed by atoms with E-state index in [2.05, 4.69) is 10.5 Å². The van der Waals surface area contributed by atoms with Crippen molar-refractivity contribution < 1.29 is 14.7 Å². The van der Waals surface area contributed by atoms with E-state index in [1.165, 1.54) is 12.1 Å². The van der Waals surface area contributed by atoms with Gasteiger partial charge in [-0.05, 0) is 24.3 Å². The smallest absolute Gasteiger partial charge is 0.352 e. The number of hydrogen-bond acceptors (Lipinski definition) is 3. The number of halogens is 1. The number of carbonyl (C=O) groups is 2. The molecule has 0 fully saturated rings. The van der Waals surface area contributed by atoms with Crippen molar-refractivity contribution in [2.75, 3.05) is 0 Å². The van der Waals surface area contributed by atoms with Crippen LogP contribution in [0.3, 0.4) is 0 Å². The van der Waals surface area contributed by atoms with E-state index >= 15 is 0 Å². The van der Waals surface area contributed by atoms with Gasteiger partial charge in [-0.15, -0.1) is 0 Å². The molecule has 0 aliphatic carbocycles. The number of aliphatic carboxylic acids is 1. The van der Waals surface area contributed by atoms with Crippen LogP contribution in [-0.2, 0) is 4.79 Å². The van der Waals surface area contributed by atoms with E-state index in [0.29, 0.717) is 10.6 Å². The molecule has 1 amide bonds. The Morgan fingerprint density at radius 3 is 2.28 bits per heavy atom. The maximum absolute atomic E-state index is 11.7. The third kappa shape index (κ3) is 3.85. The van der Waals surface area contributed by atoms with Crippen molar-refractivity contribution in [3.05, 3.63) is 34.9 Å². The van der Waals surface area contributed by atoms with Crippen molar-refractivity contribution in [1.82, 2.24) is 5.43 Å². The Labute approximate surface area is 109 Å². The molecule has 0 atom stereocenters.